The Morgan fingerprint density at radius 3 is 2.62 bits per heavy atom. The Hall–Kier alpha value is -3.60. The highest BCUT2D eigenvalue weighted by Crippen LogP contribution is 2.29. The summed E-state index contributed by atoms with van der Waals surface area (Å²) in [6.07, 6.45) is 4.50. The van der Waals surface area contributed by atoms with Gasteiger partial charge in [0.2, 0.25) is 5.91 Å². The van der Waals surface area contributed by atoms with Crippen LogP contribution in [0.15, 0.2) is 67.0 Å². The van der Waals surface area contributed by atoms with Crippen LogP contribution >= 0.6 is 0 Å². The van der Waals surface area contributed by atoms with Gasteiger partial charge in [0.25, 0.3) is 0 Å². The average molecular weight is 539 g/mol. The van der Waals surface area contributed by atoms with Crippen molar-refractivity contribution < 1.29 is 28.8 Å². The van der Waals surface area contributed by atoms with Gasteiger partial charge in [-0.3, -0.25) is 14.4 Å². The molecular formula is C29H38N4O6. The molecule has 1 aliphatic rings. The van der Waals surface area contributed by atoms with Gasteiger partial charge in [0.05, 0.1) is 20.3 Å². The summed E-state index contributed by atoms with van der Waals surface area (Å²) in [5, 5.41) is 15.9. The first-order chi connectivity index (χ1) is 19.0. The third-order valence-corrected chi connectivity index (χ3v) is 6.54. The molecule has 1 saturated heterocycles. The second-order valence-electron chi connectivity index (χ2n) is 9.74. The lowest BCUT2D eigenvalue weighted by Gasteiger charge is -2.33. The van der Waals surface area contributed by atoms with Crippen molar-refractivity contribution in [1.82, 2.24) is 19.6 Å². The van der Waals surface area contributed by atoms with E-state index in [1.807, 2.05) is 65.5 Å². The molecule has 0 aliphatic carbocycles. The van der Waals surface area contributed by atoms with Gasteiger partial charge in [-0.1, -0.05) is 24.3 Å². The van der Waals surface area contributed by atoms with Crippen LogP contribution in [0.5, 0.6) is 17.2 Å². The number of rotatable bonds is 13. The summed E-state index contributed by atoms with van der Waals surface area (Å²) in [7, 11) is 3.12. The van der Waals surface area contributed by atoms with E-state index in [0.29, 0.717) is 50.0 Å². The van der Waals surface area contributed by atoms with Gasteiger partial charge in [0, 0.05) is 58.6 Å². The molecule has 10 heteroatoms. The minimum atomic E-state index is -1.27. The zero-order chi connectivity index (χ0) is 27.5. The number of carbonyl (C=O) groups excluding carboxylic acids is 1. The maximum atomic E-state index is 12.7. The number of amides is 1. The summed E-state index contributed by atoms with van der Waals surface area (Å²) >= 11 is 0. The third kappa shape index (κ3) is 8.44. The summed E-state index contributed by atoms with van der Waals surface area (Å²) in [6.45, 7) is 3.44. The number of ether oxygens (including phenoxy) is 4. The minimum Gasteiger partial charge on any atom is -0.493 e. The smallest absolute Gasteiger partial charge is 0.248 e. The molecule has 1 N–H and O–H groups in total. The quantitative estimate of drug-likeness (QED) is 0.332. The lowest BCUT2D eigenvalue weighted by Crippen LogP contribution is -2.52. The molecule has 2 aromatic carbocycles. The first-order valence-corrected chi connectivity index (χ1v) is 13.1. The van der Waals surface area contributed by atoms with Crippen LogP contribution < -0.4 is 14.2 Å². The number of hydrogen-bond acceptors (Lipinski definition) is 8. The van der Waals surface area contributed by atoms with Crippen LogP contribution in [0.25, 0.3) is 0 Å². The number of methoxy groups -OCH3 is 2. The molecule has 1 amide bonds. The van der Waals surface area contributed by atoms with Gasteiger partial charge in [-0.05, 0) is 35.9 Å². The highest BCUT2D eigenvalue weighted by atomic mass is 16.5. The van der Waals surface area contributed by atoms with Crippen LogP contribution in [-0.4, -0.2) is 96.4 Å². The SMILES string of the molecule is COCC(=O)N1CCN(Cc2ccc(OC)c(OCCCn3cccn3)c2)CC(O)(COc2ccccc2)C1. The molecule has 3 aromatic rings. The van der Waals surface area contributed by atoms with Crippen molar-refractivity contribution in [2.24, 2.45) is 0 Å². The lowest BCUT2D eigenvalue weighted by atomic mass is 10.0. The molecule has 0 spiro atoms. The molecule has 1 aromatic heterocycles. The molecule has 0 bridgehead atoms. The molecule has 10 nitrogen and oxygen atoms in total. The number of para-hydroxylation sites is 1. The molecule has 210 valence electrons. The van der Waals surface area contributed by atoms with Crippen molar-refractivity contribution in [3.63, 3.8) is 0 Å². The fourth-order valence-electron chi connectivity index (χ4n) is 4.66. The topological polar surface area (TPSA) is 98.5 Å². The van der Waals surface area contributed by atoms with E-state index in [2.05, 4.69) is 10.00 Å². The largest absolute Gasteiger partial charge is 0.493 e. The zero-order valence-corrected chi connectivity index (χ0v) is 22.7. The van der Waals surface area contributed by atoms with Crippen molar-refractivity contribution in [3.05, 3.63) is 72.6 Å². The summed E-state index contributed by atoms with van der Waals surface area (Å²) in [4.78, 5) is 16.5. The zero-order valence-electron chi connectivity index (χ0n) is 22.7. The van der Waals surface area contributed by atoms with Crippen molar-refractivity contribution in [1.29, 1.82) is 0 Å². The van der Waals surface area contributed by atoms with E-state index in [1.165, 1.54) is 7.11 Å². The molecule has 2 heterocycles. The first kappa shape index (κ1) is 28.4. The lowest BCUT2D eigenvalue weighted by molar-refractivity contribution is -0.138. The fraction of sp³-hybridized carbons (Fsp3) is 0.448. The molecule has 39 heavy (non-hydrogen) atoms. The second kappa shape index (κ2) is 14.0. The fourth-order valence-corrected chi connectivity index (χ4v) is 4.66. The number of aliphatic hydroxyl groups is 1. The number of β-amino-alcohol motifs (C(OH)–C–C–N with tert-alkyl or cyclic N) is 1. The van der Waals surface area contributed by atoms with E-state index in [4.69, 9.17) is 18.9 Å². The third-order valence-electron chi connectivity index (χ3n) is 6.54. The Labute approximate surface area is 229 Å². The van der Waals surface area contributed by atoms with E-state index < -0.39 is 5.60 Å². The summed E-state index contributed by atoms with van der Waals surface area (Å²) in [6, 6.07) is 17.1. The molecule has 1 fully saturated rings. The molecular weight excluding hydrogens is 500 g/mol. The number of hydrogen-bond donors (Lipinski definition) is 1. The van der Waals surface area contributed by atoms with Crippen LogP contribution in [0.4, 0.5) is 0 Å². The van der Waals surface area contributed by atoms with E-state index in [9.17, 15) is 9.90 Å². The first-order valence-electron chi connectivity index (χ1n) is 13.1. The Bertz CT molecular complexity index is 1160. The Morgan fingerprint density at radius 1 is 1.03 bits per heavy atom. The van der Waals surface area contributed by atoms with Gasteiger partial charge >= 0.3 is 0 Å². The van der Waals surface area contributed by atoms with Crippen LogP contribution in [0.1, 0.15) is 12.0 Å². The molecule has 1 unspecified atom stereocenters. The summed E-state index contributed by atoms with van der Waals surface area (Å²) in [5.41, 5.74) is -0.255. The van der Waals surface area contributed by atoms with Crippen LogP contribution in [0.3, 0.4) is 0 Å². The monoisotopic (exact) mass is 538 g/mol. The standard InChI is InChI=1S/C29H38N4O6/c1-36-20-28(34)32-16-15-31(21-29(35,22-32)23-39-25-8-4-3-5-9-25)19-24-10-11-26(37-2)27(18-24)38-17-7-14-33-13-6-12-30-33/h3-6,8-13,18,35H,7,14-17,19-23H2,1-2H3. The van der Waals surface area contributed by atoms with E-state index in [0.717, 1.165) is 18.5 Å². The predicted molar refractivity (Wildman–Crippen MR) is 146 cm³/mol. The maximum Gasteiger partial charge on any atom is 0.248 e. The van der Waals surface area contributed by atoms with Crippen molar-refractivity contribution in [3.8, 4) is 17.2 Å². The molecule has 4 rings (SSSR count). The summed E-state index contributed by atoms with van der Waals surface area (Å²) < 4.78 is 24.5. The van der Waals surface area contributed by atoms with Crippen LogP contribution in [-0.2, 0) is 22.6 Å². The number of benzene rings is 2. The Morgan fingerprint density at radius 2 is 1.87 bits per heavy atom. The number of carbonyl (C=O) groups is 1. The Balaban J connectivity index is 1.43. The molecule has 1 atom stereocenters. The van der Waals surface area contributed by atoms with Gasteiger partial charge in [0.1, 0.15) is 24.6 Å². The number of aromatic nitrogens is 2. The Kier molecular flexibility index (Phi) is 10.2. The number of aryl methyl sites for hydroxylation is 1. The van der Waals surface area contributed by atoms with Gasteiger partial charge in [-0.25, -0.2) is 0 Å². The van der Waals surface area contributed by atoms with E-state index >= 15 is 0 Å². The number of nitrogens with zero attached hydrogens (tertiary/aromatic N) is 4. The molecule has 0 radical (unpaired) electrons. The maximum absolute atomic E-state index is 12.7. The van der Waals surface area contributed by atoms with Gasteiger partial charge in [-0.2, -0.15) is 5.10 Å². The summed E-state index contributed by atoms with van der Waals surface area (Å²) in [5.74, 6) is 1.84. The predicted octanol–water partition coefficient (Wildman–Crippen LogP) is 2.46. The van der Waals surface area contributed by atoms with Gasteiger partial charge in [0.15, 0.2) is 11.5 Å². The van der Waals surface area contributed by atoms with Gasteiger partial charge < -0.3 is 29.0 Å². The van der Waals surface area contributed by atoms with E-state index in [-0.39, 0.29) is 25.7 Å². The van der Waals surface area contributed by atoms with Crippen LogP contribution in [0, 0.1) is 0 Å². The van der Waals surface area contributed by atoms with Gasteiger partial charge in [-0.15, -0.1) is 0 Å². The highest BCUT2D eigenvalue weighted by molar-refractivity contribution is 5.77. The molecule has 0 saturated carbocycles. The van der Waals surface area contributed by atoms with Crippen molar-refractivity contribution in [2.45, 2.75) is 25.1 Å². The second-order valence-corrected chi connectivity index (χ2v) is 9.74. The normalized spacial score (nSPS) is 18.0. The highest BCUT2D eigenvalue weighted by Gasteiger charge is 2.37. The van der Waals surface area contributed by atoms with E-state index in [1.54, 1.807) is 18.2 Å². The van der Waals surface area contributed by atoms with Crippen LogP contribution in [0.2, 0.25) is 0 Å². The molecule has 1 aliphatic heterocycles. The van der Waals surface area contributed by atoms with Crippen molar-refractivity contribution >= 4 is 5.91 Å². The van der Waals surface area contributed by atoms with Crippen molar-refractivity contribution in [2.75, 3.05) is 60.2 Å². The minimum absolute atomic E-state index is 0.0325. The average Bonchev–Trinajstić information content (AvgIpc) is 3.40.